The lowest BCUT2D eigenvalue weighted by Crippen LogP contribution is -2.41. The van der Waals surface area contributed by atoms with Crippen LogP contribution in [0.2, 0.25) is 20.1 Å². The number of benzene rings is 5. The third kappa shape index (κ3) is 12.1. The molecule has 0 amide bonds. The number of thioether (sulfide) groups is 1. The molecule has 0 aromatic heterocycles. The van der Waals surface area contributed by atoms with Crippen LogP contribution in [-0.2, 0) is 10.5 Å². The molecule has 1 unspecified atom stereocenters. The number of aryl methyl sites for hydroxylation is 2. The summed E-state index contributed by atoms with van der Waals surface area (Å²) in [6, 6.07) is 25.6. The topological polar surface area (TPSA) is 34.1 Å². The van der Waals surface area contributed by atoms with E-state index >= 15 is 0 Å². The zero-order valence-corrected chi connectivity index (χ0v) is 36.1. The molecule has 5 aromatic carbocycles. The summed E-state index contributed by atoms with van der Waals surface area (Å²) in [5.41, 5.74) is 1.08. The second-order valence-electron chi connectivity index (χ2n) is 12.4. The summed E-state index contributed by atoms with van der Waals surface area (Å²) in [7, 11) is 0. The molecule has 1 atom stereocenters. The van der Waals surface area contributed by atoms with E-state index in [-0.39, 0.29) is 48.1 Å². The molecular formula is C41H28Br2Cl4F6O2S. The van der Waals surface area contributed by atoms with Crippen molar-refractivity contribution in [2.24, 2.45) is 0 Å². The molecular weight excluding hydrogens is 972 g/mol. The summed E-state index contributed by atoms with van der Waals surface area (Å²) in [5.74, 6) is -1.32. The summed E-state index contributed by atoms with van der Waals surface area (Å²) in [6.07, 6.45) is -9.70. The Hall–Kier alpha value is -2.77. The number of alkyl halides is 6. The fourth-order valence-electron chi connectivity index (χ4n) is 5.35. The Balaban J connectivity index is 0.000000259. The van der Waals surface area contributed by atoms with E-state index in [2.05, 4.69) is 31.9 Å². The predicted octanol–water partition coefficient (Wildman–Crippen LogP) is 15.9. The first-order chi connectivity index (χ1) is 26.1. The van der Waals surface area contributed by atoms with Crippen molar-refractivity contribution in [2.75, 3.05) is 0 Å². The molecule has 294 valence electrons. The van der Waals surface area contributed by atoms with Gasteiger partial charge < -0.3 is 0 Å². The summed E-state index contributed by atoms with van der Waals surface area (Å²) >= 11 is 30.9. The van der Waals surface area contributed by atoms with Crippen LogP contribution >= 0.6 is 90.0 Å². The van der Waals surface area contributed by atoms with Gasteiger partial charge in [-0.05, 0) is 114 Å². The molecule has 0 aliphatic heterocycles. The van der Waals surface area contributed by atoms with Gasteiger partial charge in [-0.25, -0.2) is 0 Å². The van der Waals surface area contributed by atoms with Gasteiger partial charge in [0.05, 0.1) is 5.57 Å². The molecule has 0 radical (unpaired) electrons. The summed E-state index contributed by atoms with van der Waals surface area (Å²) in [6.45, 7) is 3.52. The van der Waals surface area contributed by atoms with Gasteiger partial charge in [0, 0.05) is 52.3 Å². The first-order valence-corrected chi connectivity index (χ1v) is 20.2. The number of ketones is 2. The Morgan fingerprint density at radius 2 is 1.12 bits per heavy atom. The maximum atomic E-state index is 14.8. The van der Waals surface area contributed by atoms with E-state index in [1.165, 1.54) is 42.5 Å². The third-order valence-electron chi connectivity index (χ3n) is 8.20. The number of allylic oxidation sites excluding steroid dienone is 2. The summed E-state index contributed by atoms with van der Waals surface area (Å²) < 4.78 is 83.5. The van der Waals surface area contributed by atoms with Gasteiger partial charge in [-0.15, -0.1) is 11.8 Å². The zero-order chi connectivity index (χ0) is 41.6. The number of hydrogen-bond acceptors (Lipinski definition) is 3. The molecule has 56 heavy (non-hydrogen) atoms. The third-order valence-corrected chi connectivity index (χ3v) is 12.4. The lowest BCUT2D eigenvalue weighted by Gasteiger charge is -2.36. The Morgan fingerprint density at radius 3 is 1.61 bits per heavy atom. The SMILES string of the molecule is Cc1cc(C(=O)/C=C(\c2cc(Cl)cc(Cl)c2)C(F)(F)F)ccc1Br.Cc1cc(C(=O)CC(SCc2ccccc2)(c2cc(Cl)cc(Cl)c2)C(F)(F)F)ccc1Br. The number of carbonyl (C=O) groups excluding carboxylic acids is 2. The van der Waals surface area contributed by atoms with Gasteiger partial charge in [-0.3, -0.25) is 9.59 Å². The average Bonchev–Trinajstić information content (AvgIpc) is 3.10. The standard InChI is InChI=1S/C24H18BrCl2F3OS.C17H10BrCl2F3O/c1-15-9-17(7-8-21(15)25)22(31)13-23(24(28,29)30,18-10-19(26)12-20(27)11-18)32-14-16-5-3-2-4-6-16;1-9-4-10(2-3-15(9)18)16(24)8-14(17(21,22)23)11-5-12(19)7-13(20)6-11/h2-12H,13-14H2,1H3;2-8H,1H3/b;14-8+. The normalized spacial score (nSPS) is 13.1. The van der Waals surface area contributed by atoms with Crippen LogP contribution in [0, 0.1) is 13.8 Å². The van der Waals surface area contributed by atoms with E-state index in [0.29, 0.717) is 23.4 Å². The van der Waals surface area contributed by atoms with Gasteiger partial charge in [-0.1, -0.05) is 115 Å². The molecule has 5 rings (SSSR count). The molecule has 0 fully saturated rings. The van der Waals surface area contributed by atoms with Gasteiger partial charge in [0.2, 0.25) is 0 Å². The van der Waals surface area contributed by atoms with Gasteiger partial charge in [-0.2, -0.15) is 26.3 Å². The van der Waals surface area contributed by atoms with E-state index in [0.717, 1.165) is 32.2 Å². The molecule has 2 nitrogen and oxygen atoms in total. The zero-order valence-electron chi connectivity index (χ0n) is 29.1. The molecule has 0 saturated heterocycles. The highest BCUT2D eigenvalue weighted by Gasteiger charge is 2.57. The van der Waals surface area contributed by atoms with Crippen LogP contribution < -0.4 is 0 Å². The van der Waals surface area contributed by atoms with Crippen molar-refractivity contribution in [3.63, 3.8) is 0 Å². The van der Waals surface area contributed by atoms with E-state index < -0.39 is 40.7 Å². The van der Waals surface area contributed by atoms with E-state index in [4.69, 9.17) is 46.4 Å². The molecule has 0 aliphatic rings. The van der Waals surface area contributed by atoms with Crippen molar-refractivity contribution >= 4 is 107 Å². The molecule has 0 aliphatic carbocycles. The van der Waals surface area contributed by atoms with Crippen molar-refractivity contribution < 1.29 is 35.9 Å². The van der Waals surface area contributed by atoms with Crippen LogP contribution in [0.15, 0.2) is 118 Å². The first-order valence-electron chi connectivity index (χ1n) is 16.2. The summed E-state index contributed by atoms with van der Waals surface area (Å²) in [4.78, 5) is 25.4. The highest BCUT2D eigenvalue weighted by molar-refractivity contribution is 9.10. The highest BCUT2D eigenvalue weighted by Crippen LogP contribution is 2.54. The Kier molecular flexibility index (Phi) is 15.8. The Bertz CT molecular complexity index is 2230. The van der Waals surface area contributed by atoms with Crippen molar-refractivity contribution in [1.82, 2.24) is 0 Å². The van der Waals surface area contributed by atoms with Crippen molar-refractivity contribution in [2.45, 2.75) is 43.1 Å². The molecule has 0 N–H and O–H groups in total. The largest absolute Gasteiger partial charge is 0.417 e. The van der Waals surface area contributed by atoms with Crippen LogP contribution in [0.25, 0.3) is 5.57 Å². The quantitative estimate of drug-likeness (QED) is 0.0794. The monoisotopic (exact) mass is 996 g/mol. The molecule has 0 heterocycles. The van der Waals surface area contributed by atoms with E-state index in [9.17, 15) is 35.9 Å². The smallest absolute Gasteiger partial charge is 0.294 e. The molecule has 0 spiro atoms. The van der Waals surface area contributed by atoms with Crippen LogP contribution in [0.1, 0.15) is 55.0 Å². The van der Waals surface area contributed by atoms with E-state index in [1.807, 2.05) is 0 Å². The first kappa shape index (κ1) is 45.9. The Morgan fingerprint density at radius 1 is 0.643 bits per heavy atom. The lowest BCUT2D eigenvalue weighted by molar-refractivity contribution is -0.161. The number of halogens is 12. The minimum atomic E-state index is -4.75. The van der Waals surface area contributed by atoms with Crippen LogP contribution in [-0.4, -0.2) is 23.9 Å². The maximum Gasteiger partial charge on any atom is 0.417 e. The van der Waals surface area contributed by atoms with Gasteiger partial charge in [0.1, 0.15) is 4.75 Å². The van der Waals surface area contributed by atoms with Crippen molar-refractivity contribution in [3.05, 3.63) is 177 Å². The summed E-state index contributed by atoms with van der Waals surface area (Å²) in [5, 5.41) is 0.265. The number of rotatable bonds is 10. The fourth-order valence-corrected chi connectivity index (χ4v) is 8.18. The minimum absolute atomic E-state index is 0.0527. The molecule has 0 saturated carbocycles. The van der Waals surface area contributed by atoms with Crippen LogP contribution in [0.4, 0.5) is 26.3 Å². The highest BCUT2D eigenvalue weighted by atomic mass is 79.9. The fraction of sp³-hybridized carbons (Fsp3) is 0.171. The average molecular weight is 1000 g/mol. The van der Waals surface area contributed by atoms with Crippen molar-refractivity contribution in [1.29, 1.82) is 0 Å². The van der Waals surface area contributed by atoms with Gasteiger partial charge >= 0.3 is 12.4 Å². The number of hydrogen-bond donors (Lipinski definition) is 0. The molecule has 5 aromatic rings. The second-order valence-corrected chi connectivity index (χ2v) is 17.1. The predicted molar refractivity (Wildman–Crippen MR) is 223 cm³/mol. The number of Topliss-reactive ketones (excluding diaryl/α,β-unsaturated/α-hetero) is 1. The number of carbonyl (C=O) groups is 2. The minimum Gasteiger partial charge on any atom is -0.294 e. The van der Waals surface area contributed by atoms with Crippen LogP contribution in [0.3, 0.4) is 0 Å². The van der Waals surface area contributed by atoms with Crippen LogP contribution in [0.5, 0.6) is 0 Å². The maximum absolute atomic E-state index is 14.8. The molecule has 0 bridgehead atoms. The van der Waals surface area contributed by atoms with E-state index in [1.54, 1.807) is 62.4 Å². The molecule has 15 heteroatoms. The Labute approximate surface area is 360 Å². The lowest BCUT2D eigenvalue weighted by atomic mass is 9.89. The van der Waals surface area contributed by atoms with Crippen molar-refractivity contribution in [3.8, 4) is 0 Å². The second kappa shape index (κ2) is 19.3. The van der Waals surface area contributed by atoms with Gasteiger partial charge in [0.15, 0.2) is 11.6 Å². The van der Waals surface area contributed by atoms with Gasteiger partial charge in [0.25, 0.3) is 0 Å².